The van der Waals surface area contributed by atoms with Crippen molar-refractivity contribution < 1.29 is 13.7 Å². The summed E-state index contributed by atoms with van der Waals surface area (Å²) in [4.78, 5) is 11.3. The predicted octanol–water partition coefficient (Wildman–Crippen LogP) is -1.16. The molecule has 0 spiro atoms. The van der Waals surface area contributed by atoms with Crippen molar-refractivity contribution in [2.24, 2.45) is 5.73 Å². The first-order valence-corrected chi connectivity index (χ1v) is 6.00. The van der Waals surface area contributed by atoms with Crippen molar-refractivity contribution in [2.75, 3.05) is 31.7 Å². The molecule has 14 heavy (non-hydrogen) atoms. The van der Waals surface area contributed by atoms with E-state index in [9.17, 15) is 9.00 Å². The fourth-order valence-corrected chi connectivity index (χ4v) is 1.47. The second-order valence-corrected chi connectivity index (χ2v) is 4.55. The zero-order chi connectivity index (χ0) is 11.0. The average Bonchev–Trinajstić information content (AvgIpc) is 2.19. The van der Waals surface area contributed by atoms with E-state index in [-0.39, 0.29) is 12.5 Å². The van der Waals surface area contributed by atoms with Crippen LogP contribution in [0.5, 0.6) is 0 Å². The molecule has 5 nitrogen and oxygen atoms in total. The van der Waals surface area contributed by atoms with Crippen LogP contribution >= 0.6 is 0 Å². The van der Waals surface area contributed by atoms with E-state index < -0.39 is 16.9 Å². The van der Waals surface area contributed by atoms with Crippen molar-refractivity contribution in [1.29, 1.82) is 0 Å². The lowest BCUT2D eigenvalue weighted by atomic mass is 10.3. The lowest BCUT2D eigenvalue weighted by molar-refractivity contribution is -0.130. The Hall–Kier alpha value is -0.460. The first-order chi connectivity index (χ1) is 6.65. The van der Waals surface area contributed by atoms with Crippen LogP contribution in [0, 0.1) is 0 Å². The van der Waals surface area contributed by atoms with Crippen LogP contribution in [0.15, 0.2) is 0 Å². The molecule has 0 bridgehead atoms. The Morgan fingerprint density at radius 3 is 2.71 bits per heavy atom. The molecule has 84 valence electrons. The van der Waals surface area contributed by atoms with Crippen LogP contribution in [0.25, 0.3) is 0 Å². The molecule has 1 amide bonds. The lowest BCUT2D eigenvalue weighted by Crippen LogP contribution is -2.41. The van der Waals surface area contributed by atoms with Gasteiger partial charge in [-0.3, -0.25) is 9.00 Å². The maximum atomic E-state index is 11.3. The molecule has 0 aromatic heterocycles. The largest absolute Gasteiger partial charge is 0.370 e. The molecule has 2 atom stereocenters. The summed E-state index contributed by atoms with van der Waals surface area (Å²) in [5.41, 5.74) is 5.30. The van der Waals surface area contributed by atoms with Crippen LogP contribution in [-0.4, -0.2) is 47.9 Å². The summed E-state index contributed by atoms with van der Waals surface area (Å²) in [6.07, 6.45) is -0.606. The molecular formula is C8H18N2O3S. The molecule has 0 aliphatic rings. The molecule has 0 fully saturated rings. The van der Waals surface area contributed by atoms with Crippen LogP contribution in [0.3, 0.4) is 0 Å². The summed E-state index contributed by atoms with van der Waals surface area (Å²) in [5, 5.41) is 2.61. The Balaban J connectivity index is 3.67. The Bertz CT molecular complexity index is 195. The van der Waals surface area contributed by atoms with Gasteiger partial charge in [-0.25, -0.2) is 0 Å². The number of methoxy groups -OCH3 is 1. The van der Waals surface area contributed by atoms with Crippen LogP contribution in [0.1, 0.15) is 6.92 Å². The van der Waals surface area contributed by atoms with Crippen molar-refractivity contribution in [2.45, 2.75) is 13.0 Å². The molecule has 2 unspecified atom stereocenters. The standard InChI is InChI=1S/C8H18N2O3S/c1-3-14(12)5-4-10-8(11)7(6-9)13-2/h7H,3-6,9H2,1-2H3,(H,10,11). The molecule has 0 aliphatic heterocycles. The topological polar surface area (TPSA) is 81.4 Å². The smallest absolute Gasteiger partial charge is 0.250 e. The summed E-state index contributed by atoms with van der Waals surface area (Å²) in [5.74, 6) is 0.840. The molecule has 0 saturated carbocycles. The summed E-state index contributed by atoms with van der Waals surface area (Å²) < 4.78 is 15.8. The van der Waals surface area contributed by atoms with Crippen LogP contribution in [0.2, 0.25) is 0 Å². The normalized spacial score (nSPS) is 14.8. The molecule has 0 rings (SSSR count). The van der Waals surface area contributed by atoms with Gasteiger partial charge in [0.1, 0.15) is 6.10 Å². The quantitative estimate of drug-likeness (QED) is 0.569. The zero-order valence-electron chi connectivity index (χ0n) is 8.62. The number of hydrogen-bond acceptors (Lipinski definition) is 4. The maximum Gasteiger partial charge on any atom is 0.250 e. The third kappa shape index (κ3) is 5.31. The minimum absolute atomic E-state index is 0.152. The van der Waals surface area contributed by atoms with E-state index in [2.05, 4.69) is 5.32 Å². The molecule has 0 aliphatic carbocycles. The fraction of sp³-hybridized carbons (Fsp3) is 0.875. The lowest BCUT2D eigenvalue weighted by Gasteiger charge is -2.12. The first-order valence-electron chi connectivity index (χ1n) is 4.51. The average molecular weight is 222 g/mol. The highest BCUT2D eigenvalue weighted by atomic mass is 32.2. The Kier molecular flexibility index (Phi) is 7.64. The molecule has 0 radical (unpaired) electrons. The fourth-order valence-electron chi connectivity index (χ4n) is 0.857. The summed E-state index contributed by atoms with van der Waals surface area (Å²) in [6.45, 7) is 2.40. The van der Waals surface area contributed by atoms with Gasteiger partial charge in [0.15, 0.2) is 0 Å². The van der Waals surface area contributed by atoms with Crippen LogP contribution in [0.4, 0.5) is 0 Å². The van der Waals surface area contributed by atoms with Crippen molar-refractivity contribution in [1.82, 2.24) is 5.32 Å². The van der Waals surface area contributed by atoms with E-state index in [1.165, 1.54) is 7.11 Å². The van der Waals surface area contributed by atoms with E-state index in [1.807, 2.05) is 6.92 Å². The third-order valence-corrected chi connectivity index (χ3v) is 3.05. The second-order valence-electron chi connectivity index (χ2n) is 2.68. The highest BCUT2D eigenvalue weighted by Crippen LogP contribution is 1.87. The molecular weight excluding hydrogens is 204 g/mol. The monoisotopic (exact) mass is 222 g/mol. The van der Waals surface area contributed by atoms with Gasteiger partial charge in [-0.2, -0.15) is 0 Å². The molecule has 0 saturated heterocycles. The first kappa shape index (κ1) is 13.5. The number of hydrogen-bond donors (Lipinski definition) is 2. The van der Waals surface area contributed by atoms with Crippen LogP contribution in [-0.2, 0) is 20.3 Å². The van der Waals surface area contributed by atoms with Gasteiger partial charge < -0.3 is 15.8 Å². The maximum absolute atomic E-state index is 11.3. The highest BCUT2D eigenvalue weighted by Gasteiger charge is 2.14. The van der Waals surface area contributed by atoms with Gasteiger partial charge in [0.2, 0.25) is 5.91 Å². The number of carbonyl (C=O) groups excluding carboxylic acids is 1. The van der Waals surface area contributed by atoms with Crippen LogP contribution < -0.4 is 11.1 Å². The van der Waals surface area contributed by atoms with E-state index in [4.69, 9.17) is 10.5 Å². The van der Waals surface area contributed by atoms with Crippen molar-refractivity contribution >= 4 is 16.7 Å². The van der Waals surface area contributed by atoms with E-state index >= 15 is 0 Å². The number of rotatable bonds is 7. The molecule has 0 heterocycles. The van der Waals surface area contributed by atoms with Crippen molar-refractivity contribution in [3.63, 3.8) is 0 Å². The van der Waals surface area contributed by atoms with Gasteiger partial charge in [-0.15, -0.1) is 0 Å². The van der Waals surface area contributed by atoms with Gasteiger partial charge in [-0.05, 0) is 0 Å². The summed E-state index contributed by atoms with van der Waals surface area (Å²) in [7, 11) is 0.585. The number of ether oxygens (including phenoxy) is 1. The molecule has 3 N–H and O–H groups in total. The predicted molar refractivity (Wildman–Crippen MR) is 56.4 cm³/mol. The van der Waals surface area contributed by atoms with E-state index in [0.717, 1.165) is 0 Å². The minimum atomic E-state index is -0.847. The SMILES string of the molecule is CCS(=O)CCNC(=O)C(CN)OC. The number of nitrogens with two attached hydrogens (primary N) is 1. The van der Waals surface area contributed by atoms with Gasteiger partial charge in [0.25, 0.3) is 0 Å². The summed E-state index contributed by atoms with van der Waals surface area (Å²) in [6, 6.07) is 0. The summed E-state index contributed by atoms with van der Waals surface area (Å²) >= 11 is 0. The second kappa shape index (κ2) is 7.90. The Morgan fingerprint density at radius 1 is 1.64 bits per heavy atom. The number of amides is 1. The minimum Gasteiger partial charge on any atom is -0.370 e. The molecule has 0 aromatic rings. The van der Waals surface area contributed by atoms with Gasteiger partial charge >= 0.3 is 0 Å². The van der Waals surface area contributed by atoms with E-state index in [1.54, 1.807) is 0 Å². The molecule has 0 aromatic carbocycles. The zero-order valence-corrected chi connectivity index (χ0v) is 9.43. The van der Waals surface area contributed by atoms with Gasteiger partial charge in [0, 0.05) is 42.5 Å². The van der Waals surface area contributed by atoms with Gasteiger partial charge in [-0.1, -0.05) is 6.92 Å². The number of carbonyl (C=O) groups is 1. The third-order valence-electron chi connectivity index (χ3n) is 1.74. The highest BCUT2D eigenvalue weighted by molar-refractivity contribution is 7.84. The molecule has 6 heteroatoms. The van der Waals surface area contributed by atoms with E-state index in [0.29, 0.717) is 18.1 Å². The Morgan fingerprint density at radius 2 is 2.29 bits per heavy atom. The van der Waals surface area contributed by atoms with Gasteiger partial charge in [0.05, 0.1) is 0 Å². The number of nitrogens with one attached hydrogen (secondary N) is 1. The van der Waals surface area contributed by atoms with Crippen molar-refractivity contribution in [3.05, 3.63) is 0 Å². The van der Waals surface area contributed by atoms with Crippen molar-refractivity contribution in [3.8, 4) is 0 Å². The Labute approximate surface area is 86.8 Å².